The highest BCUT2D eigenvalue weighted by Crippen LogP contribution is 2.34. The molecular weight excluding hydrogens is 458 g/mol. The van der Waals surface area contributed by atoms with Gasteiger partial charge in [-0.25, -0.2) is 9.59 Å². The maximum Gasteiger partial charge on any atom is 0.352 e. The third-order valence-electron chi connectivity index (χ3n) is 5.68. The molecule has 178 valence electrons. The molecule has 0 bridgehead atoms. The van der Waals surface area contributed by atoms with Gasteiger partial charge in [0.15, 0.2) is 0 Å². The smallest absolute Gasteiger partial charge is 0.352 e. The predicted octanol–water partition coefficient (Wildman–Crippen LogP) is 6.60. The molecule has 0 aliphatic rings. The molecule has 0 aliphatic heterocycles. The number of aromatic amines is 1. The van der Waals surface area contributed by atoms with Crippen LogP contribution >= 0.6 is 0 Å². The number of ether oxygens (including phenoxy) is 2. The number of carboxylic acids is 2. The highest BCUT2D eigenvalue weighted by Gasteiger charge is 2.18. The molecule has 5 rings (SSSR count). The van der Waals surface area contributed by atoms with Crippen molar-refractivity contribution in [1.29, 1.82) is 0 Å². The van der Waals surface area contributed by atoms with Crippen molar-refractivity contribution in [3.8, 4) is 28.4 Å². The first-order valence-corrected chi connectivity index (χ1v) is 11.2. The van der Waals surface area contributed by atoms with Gasteiger partial charge in [0, 0.05) is 16.5 Å². The Labute approximate surface area is 206 Å². The van der Waals surface area contributed by atoms with Crippen LogP contribution in [0.3, 0.4) is 0 Å². The lowest BCUT2D eigenvalue weighted by Crippen LogP contribution is -1.99. The molecule has 1 heterocycles. The third kappa shape index (κ3) is 4.76. The SMILES string of the molecule is O=C(O)c1ccc(Oc2cccc(COc3cccc(-c4c(C(=O)O)[nH]c5ccccc45)c3)c2)cc1. The predicted molar refractivity (Wildman–Crippen MR) is 135 cm³/mol. The molecule has 0 unspecified atom stereocenters. The topological polar surface area (TPSA) is 109 Å². The van der Waals surface area contributed by atoms with Crippen LogP contribution in [-0.2, 0) is 6.61 Å². The monoisotopic (exact) mass is 479 g/mol. The Morgan fingerprint density at radius 1 is 0.722 bits per heavy atom. The summed E-state index contributed by atoms with van der Waals surface area (Å²) in [5, 5.41) is 19.6. The molecule has 1 aromatic heterocycles. The van der Waals surface area contributed by atoms with E-state index in [1.165, 1.54) is 12.1 Å². The number of hydrogen-bond acceptors (Lipinski definition) is 4. The van der Waals surface area contributed by atoms with E-state index >= 15 is 0 Å². The Morgan fingerprint density at radius 3 is 2.25 bits per heavy atom. The molecule has 0 aliphatic carbocycles. The molecule has 7 heteroatoms. The standard InChI is InChI=1S/C29H21NO6/c31-28(32)19-11-13-21(14-12-19)36-23-8-3-5-18(15-23)17-35-22-7-4-6-20(16-22)26-24-9-1-2-10-25(24)30-27(26)29(33)34/h1-16,30H,17H2,(H,31,32)(H,33,34). The summed E-state index contributed by atoms with van der Waals surface area (Å²) in [6, 6.07) is 28.4. The van der Waals surface area contributed by atoms with Gasteiger partial charge >= 0.3 is 11.9 Å². The van der Waals surface area contributed by atoms with Crippen LogP contribution < -0.4 is 9.47 Å². The number of carboxylic acid groups (broad SMARTS) is 2. The molecule has 3 N–H and O–H groups in total. The van der Waals surface area contributed by atoms with E-state index in [-0.39, 0.29) is 17.9 Å². The summed E-state index contributed by atoms with van der Waals surface area (Å²) >= 11 is 0. The van der Waals surface area contributed by atoms with Gasteiger partial charge in [0.05, 0.1) is 5.56 Å². The summed E-state index contributed by atoms with van der Waals surface area (Å²) in [6.45, 7) is 0.276. The highest BCUT2D eigenvalue weighted by atomic mass is 16.5. The Hall–Kier alpha value is -5.04. The first-order chi connectivity index (χ1) is 17.5. The van der Waals surface area contributed by atoms with Crippen LogP contribution in [0.15, 0.2) is 97.1 Å². The molecule has 0 amide bonds. The van der Waals surface area contributed by atoms with Crippen molar-refractivity contribution in [2.45, 2.75) is 6.61 Å². The normalized spacial score (nSPS) is 10.8. The van der Waals surface area contributed by atoms with E-state index in [4.69, 9.17) is 14.6 Å². The molecule has 0 saturated carbocycles. The van der Waals surface area contributed by atoms with E-state index < -0.39 is 11.9 Å². The average Bonchev–Trinajstić information content (AvgIpc) is 3.28. The number of benzene rings is 4. The number of rotatable bonds is 8. The summed E-state index contributed by atoms with van der Waals surface area (Å²) in [7, 11) is 0. The third-order valence-corrected chi connectivity index (χ3v) is 5.68. The first-order valence-electron chi connectivity index (χ1n) is 11.2. The number of aromatic nitrogens is 1. The van der Waals surface area contributed by atoms with Crippen molar-refractivity contribution in [1.82, 2.24) is 4.98 Å². The van der Waals surface area contributed by atoms with Gasteiger partial charge in [-0.3, -0.25) is 0 Å². The van der Waals surface area contributed by atoms with Gasteiger partial charge in [0.25, 0.3) is 0 Å². The Bertz CT molecular complexity index is 1570. The van der Waals surface area contributed by atoms with E-state index in [1.807, 2.05) is 66.7 Å². The minimum atomic E-state index is -1.03. The Kier molecular flexibility index (Phi) is 6.11. The fourth-order valence-corrected chi connectivity index (χ4v) is 4.01. The molecule has 0 fully saturated rings. The van der Waals surface area contributed by atoms with Gasteiger partial charge in [-0.1, -0.05) is 42.5 Å². The zero-order chi connectivity index (χ0) is 25.1. The van der Waals surface area contributed by atoms with Crippen LogP contribution in [0.1, 0.15) is 26.4 Å². The van der Waals surface area contributed by atoms with Crippen molar-refractivity contribution in [3.63, 3.8) is 0 Å². The summed E-state index contributed by atoms with van der Waals surface area (Å²) in [4.78, 5) is 25.9. The van der Waals surface area contributed by atoms with E-state index in [2.05, 4.69) is 4.98 Å². The second-order valence-corrected chi connectivity index (χ2v) is 8.12. The number of para-hydroxylation sites is 1. The van der Waals surface area contributed by atoms with Gasteiger partial charge in [-0.15, -0.1) is 0 Å². The summed E-state index contributed by atoms with van der Waals surface area (Å²) in [5.74, 6) is -0.295. The lowest BCUT2D eigenvalue weighted by Gasteiger charge is -2.11. The number of H-pyrrole nitrogens is 1. The van der Waals surface area contributed by atoms with Crippen LogP contribution in [0, 0.1) is 0 Å². The number of nitrogens with one attached hydrogen (secondary N) is 1. The lowest BCUT2D eigenvalue weighted by molar-refractivity contribution is 0.0683. The van der Waals surface area contributed by atoms with E-state index in [0.29, 0.717) is 22.8 Å². The number of carbonyl (C=O) groups is 2. The molecule has 36 heavy (non-hydrogen) atoms. The number of aromatic carboxylic acids is 2. The van der Waals surface area contributed by atoms with Gasteiger partial charge in [-0.2, -0.15) is 0 Å². The van der Waals surface area contributed by atoms with E-state index in [0.717, 1.165) is 22.0 Å². The first kappa shape index (κ1) is 22.7. The van der Waals surface area contributed by atoms with Crippen LogP contribution in [0.4, 0.5) is 0 Å². The Morgan fingerprint density at radius 2 is 1.47 bits per heavy atom. The summed E-state index contributed by atoms with van der Waals surface area (Å²) in [5.41, 5.74) is 3.31. The molecule has 5 aromatic rings. The van der Waals surface area contributed by atoms with Gasteiger partial charge < -0.3 is 24.7 Å². The van der Waals surface area contributed by atoms with Crippen LogP contribution in [0.5, 0.6) is 17.2 Å². The fourth-order valence-electron chi connectivity index (χ4n) is 4.01. The maximum atomic E-state index is 11.9. The van der Waals surface area contributed by atoms with Crippen molar-refractivity contribution in [3.05, 3.63) is 114 Å². The average molecular weight is 479 g/mol. The van der Waals surface area contributed by atoms with E-state index in [9.17, 15) is 14.7 Å². The molecule has 0 spiro atoms. The van der Waals surface area contributed by atoms with Gasteiger partial charge in [0.2, 0.25) is 0 Å². The molecule has 4 aromatic carbocycles. The largest absolute Gasteiger partial charge is 0.489 e. The van der Waals surface area contributed by atoms with Crippen molar-refractivity contribution in [2.24, 2.45) is 0 Å². The zero-order valence-corrected chi connectivity index (χ0v) is 19.0. The second kappa shape index (κ2) is 9.68. The molecule has 0 saturated heterocycles. The minimum Gasteiger partial charge on any atom is -0.489 e. The highest BCUT2D eigenvalue weighted by molar-refractivity contribution is 6.07. The molecule has 0 radical (unpaired) electrons. The maximum absolute atomic E-state index is 11.9. The quantitative estimate of drug-likeness (QED) is 0.231. The Balaban J connectivity index is 1.33. The molecule has 7 nitrogen and oxygen atoms in total. The molecule has 0 atom stereocenters. The van der Waals surface area contributed by atoms with E-state index in [1.54, 1.807) is 18.2 Å². The second-order valence-electron chi connectivity index (χ2n) is 8.12. The van der Waals surface area contributed by atoms with Crippen LogP contribution in [-0.4, -0.2) is 27.1 Å². The van der Waals surface area contributed by atoms with Gasteiger partial charge in [-0.05, 0) is 65.7 Å². The summed E-state index contributed by atoms with van der Waals surface area (Å²) in [6.07, 6.45) is 0. The minimum absolute atomic E-state index is 0.134. The van der Waals surface area contributed by atoms with Crippen molar-refractivity contribution < 1.29 is 29.3 Å². The van der Waals surface area contributed by atoms with Gasteiger partial charge in [0.1, 0.15) is 29.5 Å². The van der Waals surface area contributed by atoms with Crippen LogP contribution in [0.25, 0.3) is 22.0 Å². The van der Waals surface area contributed by atoms with Crippen molar-refractivity contribution in [2.75, 3.05) is 0 Å². The summed E-state index contributed by atoms with van der Waals surface area (Å²) < 4.78 is 11.9. The van der Waals surface area contributed by atoms with Crippen LogP contribution in [0.2, 0.25) is 0 Å². The molecular formula is C29H21NO6. The zero-order valence-electron chi connectivity index (χ0n) is 19.0. The lowest BCUT2D eigenvalue weighted by atomic mass is 10.0. The number of fused-ring (bicyclic) bond motifs is 1. The fraction of sp³-hybridized carbons (Fsp3) is 0.0345. The van der Waals surface area contributed by atoms with Crippen molar-refractivity contribution >= 4 is 22.8 Å². The number of hydrogen-bond donors (Lipinski definition) is 3.